The molecule has 106 valence electrons. The molecule has 0 spiro atoms. The fourth-order valence-corrected chi connectivity index (χ4v) is 1.47. The molecule has 0 bridgehead atoms. The highest BCUT2D eigenvalue weighted by Crippen LogP contribution is 2.02. The van der Waals surface area contributed by atoms with Crippen molar-refractivity contribution >= 4 is 11.9 Å². The third kappa shape index (κ3) is 8.06. The summed E-state index contributed by atoms with van der Waals surface area (Å²) in [5.74, 6) is -0.755. The molecule has 5 heteroatoms. The zero-order valence-corrected chi connectivity index (χ0v) is 11.7. The normalized spacial score (nSPS) is 11.9. The maximum absolute atomic E-state index is 11.4. The minimum absolute atomic E-state index is 0.0569. The first-order chi connectivity index (χ1) is 8.65. The molecule has 0 aromatic carbocycles. The van der Waals surface area contributed by atoms with Crippen molar-refractivity contribution in [1.29, 1.82) is 0 Å². The summed E-state index contributed by atoms with van der Waals surface area (Å²) in [4.78, 5) is 22.7. The Kier molecular flexibility index (Phi) is 10.3. The lowest BCUT2D eigenvalue weighted by Crippen LogP contribution is -2.35. The lowest BCUT2D eigenvalue weighted by molar-refractivity contribution is -0.145. The van der Waals surface area contributed by atoms with E-state index in [2.05, 4.69) is 17.0 Å². The van der Waals surface area contributed by atoms with Crippen molar-refractivity contribution in [1.82, 2.24) is 5.32 Å². The second-order valence-corrected chi connectivity index (χ2v) is 4.19. The first kappa shape index (κ1) is 16.9. The van der Waals surface area contributed by atoms with E-state index in [1.165, 1.54) is 7.11 Å². The topological polar surface area (TPSA) is 64.6 Å². The Morgan fingerprint density at radius 1 is 1.22 bits per heavy atom. The minimum Gasteiger partial charge on any atom is -0.469 e. The van der Waals surface area contributed by atoms with Gasteiger partial charge in [0.25, 0.3) is 0 Å². The predicted octanol–water partition coefficient (Wildman–Crippen LogP) is 1.51. The molecule has 5 nitrogen and oxygen atoms in total. The van der Waals surface area contributed by atoms with Crippen molar-refractivity contribution in [3.8, 4) is 0 Å². The van der Waals surface area contributed by atoms with E-state index in [9.17, 15) is 9.59 Å². The summed E-state index contributed by atoms with van der Waals surface area (Å²) in [6.07, 6.45) is 3.86. The molecule has 0 fully saturated rings. The van der Waals surface area contributed by atoms with Gasteiger partial charge in [-0.1, -0.05) is 26.7 Å². The van der Waals surface area contributed by atoms with Crippen LogP contribution in [0.4, 0.5) is 0 Å². The monoisotopic (exact) mass is 259 g/mol. The number of nitrogens with one attached hydrogen (secondary N) is 1. The van der Waals surface area contributed by atoms with Crippen LogP contribution in [0.25, 0.3) is 0 Å². The van der Waals surface area contributed by atoms with Crippen molar-refractivity contribution in [2.45, 2.75) is 39.5 Å². The Bertz CT molecular complexity index is 243. The van der Waals surface area contributed by atoms with Crippen LogP contribution >= 0.6 is 0 Å². The minimum atomic E-state index is -0.290. The molecule has 0 saturated heterocycles. The second kappa shape index (κ2) is 11.0. The van der Waals surface area contributed by atoms with Crippen LogP contribution in [0.3, 0.4) is 0 Å². The summed E-state index contributed by atoms with van der Waals surface area (Å²) in [6.45, 7) is 4.97. The van der Waals surface area contributed by atoms with Crippen LogP contribution in [-0.2, 0) is 19.1 Å². The number of esters is 1. The van der Waals surface area contributed by atoms with Crippen molar-refractivity contribution in [3.63, 3.8) is 0 Å². The lowest BCUT2D eigenvalue weighted by Gasteiger charge is -2.13. The fourth-order valence-electron chi connectivity index (χ4n) is 1.47. The first-order valence-corrected chi connectivity index (χ1v) is 6.57. The molecule has 0 aliphatic heterocycles. The molecule has 0 rings (SSSR count). The Hall–Kier alpha value is -1.10. The maximum atomic E-state index is 11.4. The van der Waals surface area contributed by atoms with Gasteiger partial charge in [0.15, 0.2) is 0 Å². The average molecular weight is 259 g/mol. The van der Waals surface area contributed by atoms with Crippen molar-refractivity contribution in [2.24, 2.45) is 5.92 Å². The molecule has 1 atom stereocenters. The third-order valence-electron chi connectivity index (χ3n) is 2.70. The molecular weight excluding hydrogens is 234 g/mol. The maximum Gasteiger partial charge on any atom is 0.310 e. The third-order valence-corrected chi connectivity index (χ3v) is 2.70. The first-order valence-electron chi connectivity index (χ1n) is 6.57. The fraction of sp³-hybridized carbons (Fsp3) is 0.846. The van der Waals surface area contributed by atoms with Gasteiger partial charge in [0.2, 0.25) is 5.91 Å². The number of hydrogen-bond acceptors (Lipinski definition) is 4. The van der Waals surface area contributed by atoms with E-state index in [-0.39, 0.29) is 24.4 Å². The Morgan fingerprint density at radius 3 is 2.50 bits per heavy atom. The van der Waals surface area contributed by atoms with E-state index in [4.69, 9.17) is 4.74 Å². The van der Waals surface area contributed by atoms with E-state index < -0.39 is 0 Å². The molecule has 1 amide bonds. The van der Waals surface area contributed by atoms with Crippen molar-refractivity contribution in [2.75, 3.05) is 26.9 Å². The van der Waals surface area contributed by atoms with Crippen LogP contribution in [0.2, 0.25) is 0 Å². The number of hydrogen-bond donors (Lipinski definition) is 1. The summed E-state index contributed by atoms with van der Waals surface area (Å²) in [6, 6.07) is 0. The second-order valence-electron chi connectivity index (χ2n) is 4.19. The van der Waals surface area contributed by atoms with E-state index in [1.807, 2.05) is 6.92 Å². The number of unbranched alkanes of at least 4 members (excludes halogenated alkanes) is 2. The Labute approximate surface area is 109 Å². The highest BCUT2D eigenvalue weighted by atomic mass is 16.5. The van der Waals surface area contributed by atoms with Gasteiger partial charge >= 0.3 is 5.97 Å². The van der Waals surface area contributed by atoms with Crippen LogP contribution < -0.4 is 5.32 Å². The predicted molar refractivity (Wildman–Crippen MR) is 69.2 cm³/mol. The van der Waals surface area contributed by atoms with E-state index in [0.717, 1.165) is 19.3 Å². The van der Waals surface area contributed by atoms with E-state index in [0.29, 0.717) is 19.6 Å². The largest absolute Gasteiger partial charge is 0.469 e. The molecular formula is C13H25NO4. The zero-order chi connectivity index (χ0) is 13.8. The van der Waals surface area contributed by atoms with Gasteiger partial charge in [-0.25, -0.2) is 0 Å². The van der Waals surface area contributed by atoms with Crippen molar-refractivity contribution in [3.05, 3.63) is 0 Å². The molecule has 0 aromatic heterocycles. The highest BCUT2D eigenvalue weighted by Gasteiger charge is 2.17. The number of carbonyl (C=O) groups is 2. The van der Waals surface area contributed by atoms with Crippen LogP contribution in [0.1, 0.15) is 39.5 Å². The van der Waals surface area contributed by atoms with Gasteiger partial charge in [-0.05, 0) is 12.8 Å². The molecule has 0 radical (unpaired) electrons. The number of carbonyl (C=O) groups excluding carboxylic acids is 2. The molecule has 0 heterocycles. The van der Waals surface area contributed by atoms with Crippen LogP contribution in [0.5, 0.6) is 0 Å². The Balaban J connectivity index is 3.65. The highest BCUT2D eigenvalue weighted by molar-refractivity contribution is 5.78. The summed E-state index contributed by atoms with van der Waals surface area (Å²) < 4.78 is 9.86. The van der Waals surface area contributed by atoms with Crippen LogP contribution in [0, 0.1) is 5.92 Å². The van der Waals surface area contributed by atoms with Gasteiger partial charge in [-0.15, -0.1) is 0 Å². The molecule has 18 heavy (non-hydrogen) atoms. The van der Waals surface area contributed by atoms with Gasteiger partial charge in [0.1, 0.15) is 6.61 Å². The molecule has 0 saturated carbocycles. The molecule has 0 aromatic rings. The van der Waals surface area contributed by atoms with E-state index in [1.54, 1.807) is 0 Å². The number of methoxy groups -OCH3 is 1. The summed E-state index contributed by atoms with van der Waals surface area (Å²) in [5.41, 5.74) is 0. The van der Waals surface area contributed by atoms with Gasteiger partial charge in [0.05, 0.1) is 13.0 Å². The molecule has 1 unspecified atom stereocenters. The molecule has 1 N–H and O–H groups in total. The number of amides is 1. The van der Waals surface area contributed by atoms with E-state index >= 15 is 0 Å². The number of ether oxygens (including phenoxy) is 2. The molecule has 0 aliphatic rings. The zero-order valence-electron chi connectivity index (χ0n) is 11.7. The van der Waals surface area contributed by atoms with Crippen molar-refractivity contribution < 1.29 is 19.1 Å². The number of rotatable bonds is 10. The average Bonchev–Trinajstić information content (AvgIpc) is 2.38. The smallest absolute Gasteiger partial charge is 0.310 e. The van der Waals surface area contributed by atoms with Gasteiger partial charge < -0.3 is 14.8 Å². The van der Waals surface area contributed by atoms with Gasteiger partial charge in [-0.2, -0.15) is 0 Å². The van der Waals surface area contributed by atoms with Crippen LogP contribution in [0.15, 0.2) is 0 Å². The van der Waals surface area contributed by atoms with Gasteiger partial charge in [-0.3, -0.25) is 9.59 Å². The van der Waals surface area contributed by atoms with Crippen LogP contribution in [-0.4, -0.2) is 38.7 Å². The summed E-state index contributed by atoms with van der Waals surface area (Å²) >= 11 is 0. The summed E-state index contributed by atoms with van der Waals surface area (Å²) in [5, 5.41) is 2.68. The Morgan fingerprint density at radius 2 is 1.94 bits per heavy atom. The summed E-state index contributed by atoms with van der Waals surface area (Å²) in [7, 11) is 1.35. The quantitative estimate of drug-likeness (QED) is 0.477. The molecule has 0 aliphatic carbocycles. The lowest BCUT2D eigenvalue weighted by atomic mass is 10.1. The van der Waals surface area contributed by atoms with Gasteiger partial charge in [0, 0.05) is 13.2 Å². The SMILES string of the molecule is CCCCCOCC(=O)NCC(CC)C(=O)OC. The standard InChI is InChI=1S/C13H25NO4/c1-4-6-7-8-18-10-12(15)14-9-11(5-2)13(16)17-3/h11H,4-10H2,1-3H3,(H,14,15).